The minimum absolute atomic E-state index is 0.0772. The molecule has 0 bridgehead atoms. The van der Waals surface area contributed by atoms with Crippen LogP contribution in [0.3, 0.4) is 0 Å². The Hall–Kier alpha value is -2.81. The van der Waals surface area contributed by atoms with Crippen LogP contribution < -0.4 is 5.32 Å². The first-order valence-electron chi connectivity index (χ1n) is 9.98. The number of ether oxygens (including phenoxy) is 1. The Morgan fingerprint density at radius 2 is 2.10 bits per heavy atom. The molecule has 1 saturated heterocycles. The van der Waals surface area contributed by atoms with Gasteiger partial charge in [0, 0.05) is 25.0 Å². The molecule has 5 rings (SSSR count). The van der Waals surface area contributed by atoms with E-state index in [1.165, 1.54) is 6.33 Å². The number of nitrogens with zero attached hydrogens (tertiary/aromatic N) is 5. The lowest BCUT2D eigenvalue weighted by molar-refractivity contribution is 0.0338. The molecule has 9 heteroatoms. The van der Waals surface area contributed by atoms with Gasteiger partial charge in [-0.15, -0.1) is 0 Å². The van der Waals surface area contributed by atoms with Crippen molar-refractivity contribution in [1.29, 1.82) is 0 Å². The van der Waals surface area contributed by atoms with Gasteiger partial charge in [0.05, 0.1) is 42.0 Å². The zero-order chi connectivity index (χ0) is 20.5. The first-order valence-corrected chi connectivity index (χ1v) is 10.4. The van der Waals surface area contributed by atoms with Crippen LogP contribution in [-0.2, 0) is 11.3 Å². The predicted molar refractivity (Wildman–Crippen MR) is 117 cm³/mol. The van der Waals surface area contributed by atoms with Gasteiger partial charge in [-0.05, 0) is 24.4 Å². The van der Waals surface area contributed by atoms with E-state index in [0.29, 0.717) is 17.0 Å². The van der Waals surface area contributed by atoms with E-state index in [1.54, 1.807) is 6.33 Å². The fourth-order valence-corrected chi connectivity index (χ4v) is 4.12. The Morgan fingerprint density at radius 3 is 2.97 bits per heavy atom. The summed E-state index contributed by atoms with van der Waals surface area (Å²) in [5.41, 5.74) is 3.32. The number of rotatable bonds is 5. The second kappa shape index (κ2) is 8.14. The average molecular weight is 424 g/mol. The lowest BCUT2D eigenvalue weighted by Gasteiger charge is -2.27. The Bertz CT molecular complexity index is 1190. The van der Waals surface area contributed by atoms with Crippen molar-refractivity contribution in [2.24, 2.45) is 0 Å². The predicted octanol–water partition coefficient (Wildman–Crippen LogP) is 3.56. The molecule has 154 valence electrons. The molecule has 30 heavy (non-hydrogen) atoms. The third-order valence-corrected chi connectivity index (χ3v) is 5.71. The van der Waals surface area contributed by atoms with E-state index < -0.39 is 0 Å². The number of nitrogens with one attached hydrogen (secondary N) is 2. The lowest BCUT2D eigenvalue weighted by atomic mass is 10.1. The number of morpholine rings is 1. The molecule has 1 fully saturated rings. The highest BCUT2D eigenvalue weighted by molar-refractivity contribution is 6.35. The zero-order valence-electron chi connectivity index (χ0n) is 16.6. The van der Waals surface area contributed by atoms with Crippen LogP contribution in [0.4, 0.5) is 5.82 Å². The Morgan fingerprint density at radius 1 is 1.23 bits per heavy atom. The van der Waals surface area contributed by atoms with Gasteiger partial charge in [0.2, 0.25) is 0 Å². The lowest BCUT2D eigenvalue weighted by Crippen LogP contribution is -2.36. The van der Waals surface area contributed by atoms with Crippen molar-refractivity contribution in [2.45, 2.75) is 19.5 Å². The van der Waals surface area contributed by atoms with Gasteiger partial charge in [0.25, 0.3) is 0 Å². The summed E-state index contributed by atoms with van der Waals surface area (Å²) in [6.07, 6.45) is 3.14. The summed E-state index contributed by atoms with van der Waals surface area (Å²) in [5, 5.41) is 6.25. The zero-order valence-corrected chi connectivity index (χ0v) is 17.4. The number of anilines is 1. The van der Waals surface area contributed by atoms with Crippen LogP contribution in [-0.4, -0.2) is 56.1 Å². The Balaban J connectivity index is 1.51. The molecule has 2 N–H and O–H groups in total. The van der Waals surface area contributed by atoms with Crippen LogP contribution in [0.25, 0.3) is 21.9 Å². The number of hydrogen-bond donors (Lipinski definition) is 2. The van der Waals surface area contributed by atoms with Gasteiger partial charge in [-0.3, -0.25) is 9.88 Å². The van der Waals surface area contributed by atoms with Gasteiger partial charge in [0.15, 0.2) is 11.5 Å². The molecule has 1 aromatic carbocycles. The number of benzene rings is 1. The molecule has 8 nitrogen and oxygen atoms in total. The number of aromatic nitrogens is 5. The molecular weight excluding hydrogens is 402 g/mol. The van der Waals surface area contributed by atoms with E-state index in [9.17, 15) is 0 Å². The summed E-state index contributed by atoms with van der Waals surface area (Å²) in [7, 11) is 0. The number of hydrogen-bond acceptors (Lipinski definition) is 7. The van der Waals surface area contributed by atoms with Crippen molar-refractivity contribution in [3.63, 3.8) is 0 Å². The summed E-state index contributed by atoms with van der Waals surface area (Å²) in [6, 6.07) is 7.99. The summed E-state index contributed by atoms with van der Waals surface area (Å²) in [5.74, 6) is 0.677. The largest absolute Gasteiger partial charge is 0.379 e. The molecule has 0 unspecified atom stereocenters. The third-order valence-electron chi connectivity index (χ3n) is 5.39. The van der Waals surface area contributed by atoms with Gasteiger partial charge in [-0.25, -0.2) is 15.0 Å². The number of pyridine rings is 1. The smallest absolute Gasteiger partial charge is 0.162 e. The quantitative estimate of drug-likeness (QED) is 0.507. The highest BCUT2D eigenvalue weighted by Gasteiger charge is 2.18. The van der Waals surface area contributed by atoms with Crippen molar-refractivity contribution in [1.82, 2.24) is 29.8 Å². The maximum Gasteiger partial charge on any atom is 0.162 e. The molecule has 0 saturated carbocycles. The molecular formula is C21H22ClN7O. The summed E-state index contributed by atoms with van der Waals surface area (Å²) < 4.78 is 5.49. The molecule has 0 aliphatic carbocycles. The van der Waals surface area contributed by atoms with Crippen molar-refractivity contribution < 1.29 is 4.74 Å². The van der Waals surface area contributed by atoms with E-state index in [2.05, 4.69) is 49.2 Å². The minimum Gasteiger partial charge on any atom is -0.379 e. The van der Waals surface area contributed by atoms with E-state index >= 15 is 0 Å². The van der Waals surface area contributed by atoms with Crippen LogP contribution in [0.1, 0.15) is 24.4 Å². The number of halogens is 1. The van der Waals surface area contributed by atoms with E-state index in [-0.39, 0.29) is 6.04 Å². The second-order valence-corrected chi connectivity index (χ2v) is 7.82. The van der Waals surface area contributed by atoms with Crippen LogP contribution in [0, 0.1) is 0 Å². The monoisotopic (exact) mass is 423 g/mol. The van der Waals surface area contributed by atoms with Crippen molar-refractivity contribution in [3.8, 4) is 0 Å². The standard InChI is InChI=1S/C21H22ClN7O/c1-13(27-21-19-20(24-11-23-19)25-12-26-21)16-9-14-3-2-4-15(22)18(14)17(28-16)10-29-5-7-30-8-6-29/h2-4,9,11-13H,5-8,10H2,1H3,(H2,23,24,25,26,27)/t13-/m0/s1. The van der Waals surface area contributed by atoms with E-state index in [4.69, 9.17) is 21.3 Å². The molecule has 1 atom stereocenters. The second-order valence-electron chi connectivity index (χ2n) is 7.41. The van der Waals surface area contributed by atoms with Gasteiger partial charge in [-0.1, -0.05) is 23.7 Å². The average Bonchev–Trinajstić information content (AvgIpc) is 3.24. The van der Waals surface area contributed by atoms with Crippen LogP contribution in [0.2, 0.25) is 5.02 Å². The molecule has 0 radical (unpaired) electrons. The fraction of sp³-hybridized carbons (Fsp3) is 0.333. The first kappa shape index (κ1) is 19.2. The highest BCUT2D eigenvalue weighted by Crippen LogP contribution is 2.30. The van der Waals surface area contributed by atoms with Crippen LogP contribution in [0.15, 0.2) is 36.9 Å². The number of aromatic amines is 1. The Labute approximate surface area is 178 Å². The highest BCUT2D eigenvalue weighted by atomic mass is 35.5. The maximum absolute atomic E-state index is 6.57. The maximum atomic E-state index is 6.57. The SMILES string of the molecule is C[C@H](Nc1ncnc2[nH]cnc12)c1cc2cccc(Cl)c2c(CN2CCOCC2)n1. The molecule has 1 aliphatic rings. The molecule has 1 aliphatic heterocycles. The number of H-pyrrole nitrogens is 1. The molecule has 0 amide bonds. The topological polar surface area (TPSA) is 91.9 Å². The van der Waals surface area contributed by atoms with Gasteiger partial charge >= 0.3 is 0 Å². The van der Waals surface area contributed by atoms with Crippen LogP contribution in [0.5, 0.6) is 0 Å². The van der Waals surface area contributed by atoms with E-state index in [0.717, 1.165) is 60.0 Å². The molecule has 4 heterocycles. The van der Waals surface area contributed by atoms with Gasteiger partial charge in [0.1, 0.15) is 11.8 Å². The minimum atomic E-state index is -0.0772. The number of fused-ring (bicyclic) bond motifs is 2. The number of imidazole rings is 1. The van der Waals surface area contributed by atoms with Crippen molar-refractivity contribution in [3.05, 3.63) is 53.3 Å². The first-order chi connectivity index (χ1) is 14.7. The van der Waals surface area contributed by atoms with Crippen LogP contribution >= 0.6 is 11.6 Å². The molecule has 0 spiro atoms. The third kappa shape index (κ3) is 3.69. The van der Waals surface area contributed by atoms with E-state index in [1.807, 2.05) is 12.1 Å². The fourth-order valence-electron chi connectivity index (χ4n) is 3.83. The van der Waals surface area contributed by atoms with Gasteiger partial charge < -0.3 is 15.0 Å². The van der Waals surface area contributed by atoms with Crippen molar-refractivity contribution in [2.75, 3.05) is 31.6 Å². The summed E-state index contributed by atoms with van der Waals surface area (Å²) >= 11 is 6.57. The normalized spacial score (nSPS) is 16.2. The summed E-state index contributed by atoms with van der Waals surface area (Å²) in [4.78, 5) is 23.3. The molecule has 3 aromatic heterocycles. The Kier molecular flexibility index (Phi) is 5.20. The van der Waals surface area contributed by atoms with Crippen molar-refractivity contribution >= 4 is 39.4 Å². The summed E-state index contributed by atoms with van der Waals surface area (Å²) in [6.45, 7) is 6.08. The van der Waals surface area contributed by atoms with Gasteiger partial charge in [-0.2, -0.15) is 0 Å². The molecule has 4 aromatic rings.